The zero-order valence-corrected chi connectivity index (χ0v) is 24.6. The molecule has 1 unspecified atom stereocenters. The molecule has 0 aromatic heterocycles. The molecule has 0 aromatic rings. The predicted octanol–water partition coefficient (Wildman–Crippen LogP) is 4.92. The highest BCUT2D eigenvalue weighted by molar-refractivity contribution is 5.82. The molecule has 0 aromatic carbocycles. The molecule has 2 bridgehead atoms. The molecule has 1 fully saturated rings. The van der Waals surface area contributed by atoms with Gasteiger partial charge >= 0.3 is 11.9 Å². The van der Waals surface area contributed by atoms with E-state index < -0.39 is 24.3 Å². The molecule has 226 valence electrons. The van der Waals surface area contributed by atoms with Crippen LogP contribution in [-0.4, -0.2) is 72.5 Å². The van der Waals surface area contributed by atoms with Gasteiger partial charge in [-0.3, -0.25) is 4.79 Å². The number of rotatable bonds is 5. The number of fused-ring (bicyclic) bond motifs is 3. The van der Waals surface area contributed by atoms with Crippen LogP contribution in [0.1, 0.15) is 65.7 Å². The number of carbonyl (C=O) groups is 2. The van der Waals surface area contributed by atoms with E-state index in [-0.39, 0.29) is 48.8 Å². The first-order valence-electron chi connectivity index (χ1n) is 15.0. The van der Waals surface area contributed by atoms with Gasteiger partial charge in [0.15, 0.2) is 0 Å². The Labute approximate surface area is 244 Å². The average Bonchev–Trinajstić information content (AvgIpc) is 3.69. The average molecular weight is 571 g/mol. The van der Waals surface area contributed by atoms with Crippen molar-refractivity contribution in [3.05, 3.63) is 60.8 Å². The summed E-state index contributed by atoms with van der Waals surface area (Å²) in [5.74, 6) is -0.334. The molecule has 0 aliphatic carbocycles. The van der Waals surface area contributed by atoms with Gasteiger partial charge in [-0.15, -0.1) is 6.58 Å². The maximum atomic E-state index is 12.8. The van der Waals surface area contributed by atoms with Gasteiger partial charge in [0, 0.05) is 19.4 Å². The summed E-state index contributed by atoms with van der Waals surface area (Å²) in [6, 6.07) is 0. The number of aliphatic hydroxyl groups excluding tert-OH is 1. The number of hydrogen-bond donors (Lipinski definition) is 1. The lowest BCUT2D eigenvalue weighted by Crippen LogP contribution is -2.33. The van der Waals surface area contributed by atoms with Crippen molar-refractivity contribution < 1.29 is 38.4 Å². The highest BCUT2D eigenvalue weighted by Crippen LogP contribution is 2.36. The van der Waals surface area contributed by atoms with Gasteiger partial charge in [-0.05, 0) is 57.3 Å². The van der Waals surface area contributed by atoms with E-state index in [2.05, 4.69) is 26.5 Å². The first-order valence-corrected chi connectivity index (χ1v) is 15.0. The van der Waals surface area contributed by atoms with Crippen molar-refractivity contribution in [1.29, 1.82) is 0 Å². The summed E-state index contributed by atoms with van der Waals surface area (Å²) in [7, 11) is 0. The molecule has 0 radical (unpaired) electrons. The lowest BCUT2D eigenvalue weighted by atomic mass is 9.84. The summed E-state index contributed by atoms with van der Waals surface area (Å²) in [5.41, 5.74) is 1.23. The summed E-state index contributed by atoms with van der Waals surface area (Å²) in [6.45, 7) is 10.3. The fourth-order valence-corrected chi connectivity index (χ4v) is 6.01. The van der Waals surface area contributed by atoms with Gasteiger partial charge in [0.1, 0.15) is 24.4 Å². The van der Waals surface area contributed by atoms with E-state index in [0.717, 1.165) is 25.7 Å². The molecule has 8 nitrogen and oxygen atoms in total. The Kier molecular flexibility index (Phi) is 11.6. The predicted molar refractivity (Wildman–Crippen MR) is 155 cm³/mol. The molecule has 10 atom stereocenters. The second-order valence-corrected chi connectivity index (χ2v) is 11.8. The first kappa shape index (κ1) is 31.4. The summed E-state index contributed by atoms with van der Waals surface area (Å²) >= 11 is 0. The topological polar surface area (TPSA) is 104 Å². The Morgan fingerprint density at radius 2 is 2.02 bits per heavy atom. The number of esters is 2. The van der Waals surface area contributed by atoms with Crippen LogP contribution in [-0.2, 0) is 33.3 Å². The number of cyclic esters (lactones) is 1. The highest BCUT2D eigenvalue weighted by atomic mass is 16.6. The Bertz CT molecular complexity index is 1030. The van der Waals surface area contributed by atoms with E-state index in [4.69, 9.17) is 23.7 Å². The number of hydrogen-bond acceptors (Lipinski definition) is 8. The Hall–Kier alpha value is -2.52. The van der Waals surface area contributed by atoms with Crippen LogP contribution in [0.15, 0.2) is 60.8 Å². The van der Waals surface area contributed by atoms with Gasteiger partial charge < -0.3 is 28.8 Å². The summed E-state index contributed by atoms with van der Waals surface area (Å²) < 4.78 is 29.4. The second-order valence-electron chi connectivity index (χ2n) is 11.8. The van der Waals surface area contributed by atoms with Crippen molar-refractivity contribution in [1.82, 2.24) is 0 Å². The number of aliphatic hydroxyl groups is 1. The molecule has 8 heteroatoms. The molecular formula is C33H46O8. The van der Waals surface area contributed by atoms with Gasteiger partial charge in [0.05, 0.1) is 31.0 Å². The molecule has 0 amide bonds. The first-order chi connectivity index (χ1) is 19.7. The van der Waals surface area contributed by atoms with Crippen molar-refractivity contribution in [2.75, 3.05) is 6.61 Å². The van der Waals surface area contributed by atoms with Crippen LogP contribution >= 0.6 is 0 Å². The zero-order valence-electron chi connectivity index (χ0n) is 24.6. The molecule has 1 N–H and O–H groups in total. The molecule has 4 aliphatic heterocycles. The van der Waals surface area contributed by atoms with E-state index in [1.807, 2.05) is 24.3 Å². The maximum Gasteiger partial charge on any atom is 0.330 e. The molecule has 0 saturated carbocycles. The van der Waals surface area contributed by atoms with Gasteiger partial charge in [0.25, 0.3) is 0 Å². The van der Waals surface area contributed by atoms with Crippen LogP contribution in [0.2, 0.25) is 0 Å². The Morgan fingerprint density at radius 1 is 1.20 bits per heavy atom. The van der Waals surface area contributed by atoms with Gasteiger partial charge in [0.2, 0.25) is 0 Å². The molecule has 4 heterocycles. The van der Waals surface area contributed by atoms with Crippen molar-refractivity contribution >= 4 is 11.9 Å². The molecule has 0 spiro atoms. The fraction of sp³-hybridized carbons (Fsp3) is 0.636. The molecular weight excluding hydrogens is 524 g/mol. The summed E-state index contributed by atoms with van der Waals surface area (Å²) in [6.07, 6.45) is 16.4. The minimum atomic E-state index is -1.05. The Balaban J connectivity index is 1.51. The quantitative estimate of drug-likeness (QED) is 0.282. The van der Waals surface area contributed by atoms with Crippen LogP contribution in [0.25, 0.3) is 0 Å². The molecule has 4 aliphatic rings. The minimum Gasteiger partial charge on any atom is -0.460 e. The van der Waals surface area contributed by atoms with Gasteiger partial charge in [-0.25, -0.2) is 4.79 Å². The number of allylic oxidation sites excluding steroid dienone is 1. The van der Waals surface area contributed by atoms with E-state index in [9.17, 15) is 14.7 Å². The lowest BCUT2D eigenvalue weighted by Gasteiger charge is -2.30. The highest BCUT2D eigenvalue weighted by Gasteiger charge is 2.48. The van der Waals surface area contributed by atoms with Crippen LogP contribution in [0.3, 0.4) is 0 Å². The van der Waals surface area contributed by atoms with E-state index in [1.54, 1.807) is 12.2 Å². The van der Waals surface area contributed by atoms with Crippen molar-refractivity contribution in [2.24, 2.45) is 11.8 Å². The molecule has 41 heavy (non-hydrogen) atoms. The van der Waals surface area contributed by atoms with Crippen molar-refractivity contribution in [2.45, 2.75) is 115 Å². The van der Waals surface area contributed by atoms with Crippen molar-refractivity contribution in [3.63, 3.8) is 0 Å². The number of carbonyl (C=O) groups excluding carboxylic acids is 2. The Morgan fingerprint density at radius 3 is 2.78 bits per heavy atom. The zero-order chi connectivity index (χ0) is 29.4. The van der Waals surface area contributed by atoms with Crippen LogP contribution in [0, 0.1) is 11.8 Å². The normalized spacial score (nSPS) is 38.4. The minimum absolute atomic E-state index is 0.0841. The van der Waals surface area contributed by atoms with Crippen LogP contribution in [0.4, 0.5) is 0 Å². The van der Waals surface area contributed by atoms with Crippen molar-refractivity contribution in [3.8, 4) is 0 Å². The largest absolute Gasteiger partial charge is 0.460 e. The molecule has 4 rings (SSSR count). The molecule has 1 saturated heterocycles. The monoisotopic (exact) mass is 570 g/mol. The van der Waals surface area contributed by atoms with Gasteiger partial charge in [-0.2, -0.15) is 0 Å². The SMILES string of the molecule is C=CC1CC[C@H](OC(C)=O)[C@@H]2O[C@H]2C[C@@H]([C@@H](O)/C=C/[C@@H]2CC(C)=CCO2)OC(=O)/C=C\C[C@@H]2C=CC[C@@H](C[C@H]1C)O2. The van der Waals surface area contributed by atoms with Crippen LogP contribution in [0.5, 0.6) is 0 Å². The van der Waals surface area contributed by atoms with E-state index in [0.29, 0.717) is 25.4 Å². The van der Waals surface area contributed by atoms with E-state index >= 15 is 0 Å². The summed E-state index contributed by atoms with van der Waals surface area (Å²) in [5, 5.41) is 11.1. The third kappa shape index (κ3) is 9.77. The summed E-state index contributed by atoms with van der Waals surface area (Å²) in [4.78, 5) is 24.8. The lowest BCUT2D eigenvalue weighted by molar-refractivity contribution is -0.148. The third-order valence-corrected chi connectivity index (χ3v) is 8.40. The van der Waals surface area contributed by atoms with Gasteiger partial charge in [-0.1, -0.05) is 55.0 Å². The number of epoxide rings is 1. The second kappa shape index (κ2) is 15.1. The maximum absolute atomic E-state index is 12.8. The van der Waals surface area contributed by atoms with Crippen LogP contribution < -0.4 is 0 Å². The smallest absolute Gasteiger partial charge is 0.330 e. The number of ether oxygens (including phenoxy) is 5. The standard InChI is InChI=1S/C33H46O8/c1-5-24-12-15-29(38-23(4)34)33-31(41-33)20-30(28(35)14-13-26-18-21(2)16-17-37-26)40-32(36)11-7-9-25-8-6-10-27(39-25)19-22(24)3/h5-8,11,13-14,16,22,24-31,33,35H,1,9-10,12,15,17-20H2,2-4H3/b11-7-,14-13+/t22-,24?,25+,26-,27+,28+,29+,30+,31+,33+/m1/s1. The fourth-order valence-electron chi connectivity index (χ4n) is 6.01. The third-order valence-electron chi connectivity index (χ3n) is 8.40. The van der Waals surface area contributed by atoms with E-state index in [1.165, 1.54) is 18.6 Å².